The highest BCUT2D eigenvalue weighted by Crippen LogP contribution is 2.25. The van der Waals surface area contributed by atoms with Crippen LogP contribution in [-0.4, -0.2) is 33.6 Å². The first-order chi connectivity index (χ1) is 9.36. The highest BCUT2D eigenvalue weighted by atomic mass is 35.7. The van der Waals surface area contributed by atoms with E-state index in [1.807, 2.05) is 6.92 Å². The molecule has 1 aromatic rings. The maximum absolute atomic E-state index is 11.8. The molecule has 2 heterocycles. The van der Waals surface area contributed by atoms with Crippen molar-refractivity contribution >= 4 is 37.0 Å². The molecule has 0 radical (unpaired) electrons. The van der Waals surface area contributed by atoms with Crippen LogP contribution in [0.3, 0.4) is 0 Å². The molecule has 2 unspecified atom stereocenters. The van der Waals surface area contributed by atoms with Gasteiger partial charge in [0, 0.05) is 22.1 Å². The number of rotatable bonds is 5. The molecule has 2 rings (SSSR count). The monoisotopic (exact) mass is 337 g/mol. The Hall–Kier alpha value is -0.630. The maximum Gasteiger partial charge on any atom is 0.270 e. The van der Waals surface area contributed by atoms with Gasteiger partial charge < -0.3 is 10.1 Å². The van der Waals surface area contributed by atoms with E-state index in [-0.39, 0.29) is 22.1 Å². The van der Waals surface area contributed by atoms with Crippen molar-refractivity contribution in [2.75, 3.05) is 13.2 Å². The number of amides is 1. The van der Waals surface area contributed by atoms with Gasteiger partial charge in [0.1, 0.15) is 4.21 Å². The number of hydrogen-bond donors (Lipinski definition) is 1. The first kappa shape index (κ1) is 15.8. The molecule has 1 aromatic heterocycles. The fraction of sp³-hybridized carbons (Fsp3) is 0.583. The normalized spacial score (nSPS) is 22.9. The van der Waals surface area contributed by atoms with Crippen molar-refractivity contribution in [3.8, 4) is 0 Å². The number of ether oxygens (including phenoxy) is 1. The molecule has 20 heavy (non-hydrogen) atoms. The van der Waals surface area contributed by atoms with Crippen molar-refractivity contribution in [1.29, 1.82) is 0 Å². The lowest BCUT2D eigenvalue weighted by atomic mass is 10.1. The molecule has 1 amide bonds. The smallest absolute Gasteiger partial charge is 0.270 e. The van der Waals surface area contributed by atoms with Gasteiger partial charge in [0.2, 0.25) is 5.91 Å². The van der Waals surface area contributed by atoms with Crippen LogP contribution in [-0.2, 0) is 25.0 Å². The van der Waals surface area contributed by atoms with Gasteiger partial charge in [-0.25, -0.2) is 8.42 Å². The van der Waals surface area contributed by atoms with Crippen LogP contribution in [0.1, 0.15) is 18.2 Å². The van der Waals surface area contributed by atoms with Gasteiger partial charge >= 0.3 is 0 Å². The summed E-state index contributed by atoms with van der Waals surface area (Å²) in [7, 11) is 1.60. The van der Waals surface area contributed by atoms with Crippen molar-refractivity contribution in [1.82, 2.24) is 5.32 Å². The van der Waals surface area contributed by atoms with E-state index in [1.54, 1.807) is 6.07 Å². The third kappa shape index (κ3) is 4.18. The summed E-state index contributed by atoms with van der Waals surface area (Å²) in [5.41, 5.74) is 0. The highest BCUT2D eigenvalue weighted by Gasteiger charge is 2.27. The molecule has 112 valence electrons. The van der Waals surface area contributed by atoms with Crippen molar-refractivity contribution < 1.29 is 17.9 Å². The minimum absolute atomic E-state index is 0.00362. The van der Waals surface area contributed by atoms with Crippen LogP contribution in [0.4, 0.5) is 0 Å². The summed E-state index contributed by atoms with van der Waals surface area (Å²) < 4.78 is 27.7. The molecule has 1 N–H and O–H groups in total. The predicted octanol–water partition coefficient (Wildman–Crippen LogP) is 1.76. The van der Waals surface area contributed by atoms with Crippen molar-refractivity contribution in [3.05, 3.63) is 17.0 Å². The Morgan fingerprint density at radius 2 is 2.30 bits per heavy atom. The lowest BCUT2D eigenvalue weighted by Gasteiger charge is -2.08. The van der Waals surface area contributed by atoms with Crippen LogP contribution in [0, 0.1) is 5.92 Å². The van der Waals surface area contributed by atoms with E-state index in [0.717, 1.165) is 22.6 Å². The SMILES string of the molecule is CC1CC(C(=O)NCCc2ccc(S(=O)(=O)Cl)s2)CO1. The second-order valence-corrected chi connectivity index (χ2v) is 8.74. The summed E-state index contributed by atoms with van der Waals surface area (Å²) in [4.78, 5) is 12.7. The van der Waals surface area contributed by atoms with E-state index in [9.17, 15) is 13.2 Å². The second-order valence-electron chi connectivity index (χ2n) is 4.78. The zero-order valence-electron chi connectivity index (χ0n) is 11.0. The zero-order valence-corrected chi connectivity index (χ0v) is 13.4. The fourth-order valence-electron chi connectivity index (χ4n) is 2.08. The summed E-state index contributed by atoms with van der Waals surface area (Å²) in [5, 5.41) is 2.85. The summed E-state index contributed by atoms with van der Waals surface area (Å²) in [6, 6.07) is 3.20. The number of hydrogen-bond acceptors (Lipinski definition) is 5. The Morgan fingerprint density at radius 1 is 1.55 bits per heavy atom. The molecule has 0 aliphatic carbocycles. The Morgan fingerprint density at radius 3 is 2.85 bits per heavy atom. The maximum atomic E-state index is 11.8. The predicted molar refractivity (Wildman–Crippen MR) is 77.6 cm³/mol. The number of carbonyl (C=O) groups excluding carboxylic acids is 1. The number of halogens is 1. The summed E-state index contributed by atoms with van der Waals surface area (Å²) in [5.74, 6) is -0.0804. The van der Waals surface area contributed by atoms with Gasteiger partial charge in [0.25, 0.3) is 9.05 Å². The van der Waals surface area contributed by atoms with E-state index >= 15 is 0 Å². The number of nitrogens with one attached hydrogen (secondary N) is 1. The molecule has 0 saturated carbocycles. The largest absolute Gasteiger partial charge is 0.378 e. The standard InChI is InChI=1S/C12H16ClNO4S2/c1-8-6-9(7-18-8)12(15)14-5-4-10-2-3-11(19-10)20(13,16)17/h2-3,8-9H,4-7H2,1H3,(H,14,15). The lowest BCUT2D eigenvalue weighted by molar-refractivity contribution is -0.124. The third-order valence-electron chi connectivity index (χ3n) is 3.12. The van der Waals surface area contributed by atoms with Gasteiger partial charge in [-0.05, 0) is 31.9 Å². The molecule has 5 nitrogen and oxygen atoms in total. The van der Waals surface area contributed by atoms with Crippen molar-refractivity contribution in [2.45, 2.75) is 30.1 Å². The van der Waals surface area contributed by atoms with Crippen LogP contribution in [0.5, 0.6) is 0 Å². The van der Waals surface area contributed by atoms with Gasteiger partial charge in [0.05, 0.1) is 18.6 Å². The highest BCUT2D eigenvalue weighted by molar-refractivity contribution is 8.15. The molecule has 0 aromatic carbocycles. The minimum Gasteiger partial charge on any atom is -0.378 e. The van der Waals surface area contributed by atoms with Gasteiger partial charge in [-0.1, -0.05) is 0 Å². The zero-order chi connectivity index (χ0) is 14.8. The van der Waals surface area contributed by atoms with Crippen LogP contribution >= 0.6 is 22.0 Å². The Balaban J connectivity index is 1.78. The Bertz CT molecular complexity index is 584. The van der Waals surface area contributed by atoms with Crippen LogP contribution < -0.4 is 5.32 Å². The van der Waals surface area contributed by atoms with E-state index in [1.165, 1.54) is 6.07 Å². The van der Waals surface area contributed by atoms with E-state index in [2.05, 4.69) is 5.32 Å². The average Bonchev–Trinajstić information content (AvgIpc) is 2.97. The summed E-state index contributed by atoms with van der Waals surface area (Å²) >= 11 is 1.13. The molecule has 1 aliphatic heterocycles. The van der Waals surface area contributed by atoms with E-state index in [4.69, 9.17) is 15.4 Å². The van der Waals surface area contributed by atoms with Crippen molar-refractivity contribution in [2.24, 2.45) is 5.92 Å². The molecule has 1 aliphatic rings. The molecule has 0 bridgehead atoms. The van der Waals surface area contributed by atoms with Gasteiger partial charge in [-0.15, -0.1) is 11.3 Å². The van der Waals surface area contributed by atoms with Crippen LogP contribution in [0.25, 0.3) is 0 Å². The Kier molecular flexibility index (Phi) is 5.06. The van der Waals surface area contributed by atoms with E-state index in [0.29, 0.717) is 19.6 Å². The van der Waals surface area contributed by atoms with Crippen LogP contribution in [0.15, 0.2) is 16.3 Å². The number of thiophene rings is 1. The third-order valence-corrected chi connectivity index (χ3v) is 6.35. The summed E-state index contributed by atoms with van der Waals surface area (Å²) in [6.45, 7) is 2.90. The first-order valence-electron chi connectivity index (χ1n) is 6.29. The molecule has 2 atom stereocenters. The van der Waals surface area contributed by atoms with Gasteiger partial charge in [-0.2, -0.15) is 0 Å². The average molecular weight is 338 g/mol. The summed E-state index contributed by atoms with van der Waals surface area (Å²) in [6.07, 6.45) is 1.48. The van der Waals surface area contributed by atoms with Gasteiger partial charge in [0.15, 0.2) is 0 Å². The first-order valence-corrected chi connectivity index (χ1v) is 9.41. The molecular formula is C12H16ClNO4S2. The minimum atomic E-state index is -3.66. The second kappa shape index (κ2) is 6.43. The molecule has 0 spiro atoms. The molecule has 1 fully saturated rings. The fourth-order valence-corrected chi connectivity index (χ4v) is 4.20. The molecule has 8 heteroatoms. The Labute approximate surface area is 126 Å². The quantitative estimate of drug-likeness (QED) is 0.831. The molecule has 1 saturated heterocycles. The lowest BCUT2D eigenvalue weighted by Crippen LogP contribution is -2.32. The van der Waals surface area contributed by atoms with Crippen molar-refractivity contribution in [3.63, 3.8) is 0 Å². The van der Waals surface area contributed by atoms with Crippen LogP contribution in [0.2, 0.25) is 0 Å². The number of carbonyl (C=O) groups is 1. The molecular weight excluding hydrogens is 322 g/mol. The van der Waals surface area contributed by atoms with E-state index < -0.39 is 9.05 Å². The van der Waals surface area contributed by atoms with Gasteiger partial charge in [-0.3, -0.25) is 4.79 Å². The topological polar surface area (TPSA) is 72.5 Å².